The number of nitrogens with one attached hydrogen (secondary N) is 1. The van der Waals surface area contributed by atoms with Gasteiger partial charge in [0.05, 0.1) is 19.8 Å². The van der Waals surface area contributed by atoms with Gasteiger partial charge in [0, 0.05) is 13.2 Å². The lowest BCUT2D eigenvalue weighted by atomic mass is 10.1. The van der Waals surface area contributed by atoms with Gasteiger partial charge in [0.2, 0.25) is 0 Å². The molecule has 0 fully saturated rings. The average Bonchev–Trinajstić information content (AvgIpc) is 2.30. The van der Waals surface area contributed by atoms with Crippen molar-refractivity contribution in [1.29, 1.82) is 0 Å². The minimum atomic E-state index is 0.720. The SMILES string of the molecule is CCCCOCCOCCNCCCC(C)C. The molecule has 0 bridgehead atoms. The molecule has 0 aliphatic rings. The molecule has 0 spiro atoms. The summed E-state index contributed by atoms with van der Waals surface area (Å²) in [5.74, 6) is 0.813. The molecule has 0 saturated carbocycles. The van der Waals surface area contributed by atoms with Crippen LogP contribution in [0.25, 0.3) is 0 Å². The van der Waals surface area contributed by atoms with E-state index in [1.165, 1.54) is 19.3 Å². The third-order valence-corrected chi connectivity index (χ3v) is 2.57. The fourth-order valence-electron chi connectivity index (χ4n) is 1.47. The van der Waals surface area contributed by atoms with Gasteiger partial charge in [-0.2, -0.15) is 0 Å². The molecule has 0 unspecified atom stereocenters. The number of rotatable bonds is 13. The standard InChI is InChI=1S/C14H31NO2/c1-4-5-10-16-12-13-17-11-9-15-8-6-7-14(2)3/h14-15H,4-13H2,1-3H3. The largest absolute Gasteiger partial charge is 0.379 e. The first-order valence-corrected chi connectivity index (χ1v) is 7.13. The molecule has 17 heavy (non-hydrogen) atoms. The Hall–Kier alpha value is -0.120. The Bertz CT molecular complexity index is 140. The van der Waals surface area contributed by atoms with E-state index < -0.39 is 0 Å². The van der Waals surface area contributed by atoms with Gasteiger partial charge in [0.15, 0.2) is 0 Å². The van der Waals surface area contributed by atoms with Gasteiger partial charge in [-0.1, -0.05) is 27.2 Å². The molecule has 0 heterocycles. The van der Waals surface area contributed by atoms with Gasteiger partial charge in [0.1, 0.15) is 0 Å². The second-order valence-corrected chi connectivity index (χ2v) is 4.86. The number of unbranched alkanes of at least 4 members (excludes halogenated alkanes) is 1. The minimum Gasteiger partial charge on any atom is -0.379 e. The van der Waals surface area contributed by atoms with Gasteiger partial charge in [0.25, 0.3) is 0 Å². The highest BCUT2D eigenvalue weighted by atomic mass is 16.5. The van der Waals surface area contributed by atoms with Crippen molar-refractivity contribution in [2.75, 3.05) is 39.5 Å². The first kappa shape index (κ1) is 16.9. The number of ether oxygens (including phenoxy) is 2. The molecule has 0 rings (SSSR count). The molecule has 1 N–H and O–H groups in total. The molecule has 0 radical (unpaired) electrons. The van der Waals surface area contributed by atoms with E-state index in [0.29, 0.717) is 0 Å². The zero-order valence-corrected chi connectivity index (χ0v) is 12.0. The molecule has 0 aliphatic heterocycles. The molecule has 3 heteroatoms. The maximum atomic E-state index is 5.45. The van der Waals surface area contributed by atoms with Crippen LogP contribution in [0.4, 0.5) is 0 Å². The van der Waals surface area contributed by atoms with Crippen molar-refractivity contribution in [1.82, 2.24) is 5.32 Å². The van der Waals surface area contributed by atoms with Crippen molar-refractivity contribution < 1.29 is 9.47 Å². The van der Waals surface area contributed by atoms with Crippen molar-refractivity contribution in [3.8, 4) is 0 Å². The summed E-state index contributed by atoms with van der Waals surface area (Å²) >= 11 is 0. The van der Waals surface area contributed by atoms with Gasteiger partial charge in [-0.05, 0) is 31.7 Å². The van der Waals surface area contributed by atoms with Crippen LogP contribution >= 0.6 is 0 Å². The topological polar surface area (TPSA) is 30.5 Å². The van der Waals surface area contributed by atoms with Crippen molar-refractivity contribution in [3.63, 3.8) is 0 Å². The Morgan fingerprint density at radius 2 is 1.59 bits per heavy atom. The van der Waals surface area contributed by atoms with Crippen LogP contribution in [-0.2, 0) is 9.47 Å². The summed E-state index contributed by atoms with van der Waals surface area (Å²) in [6, 6.07) is 0. The van der Waals surface area contributed by atoms with E-state index in [4.69, 9.17) is 9.47 Å². The number of hydrogen-bond donors (Lipinski definition) is 1. The average molecular weight is 245 g/mol. The third-order valence-electron chi connectivity index (χ3n) is 2.57. The first-order valence-electron chi connectivity index (χ1n) is 7.13. The second kappa shape index (κ2) is 13.9. The fourth-order valence-corrected chi connectivity index (χ4v) is 1.47. The number of hydrogen-bond acceptors (Lipinski definition) is 3. The lowest BCUT2D eigenvalue weighted by Crippen LogP contribution is -2.22. The summed E-state index contributed by atoms with van der Waals surface area (Å²) in [5, 5.41) is 3.39. The Morgan fingerprint density at radius 1 is 0.882 bits per heavy atom. The van der Waals surface area contributed by atoms with Crippen LogP contribution in [0.2, 0.25) is 0 Å². The van der Waals surface area contributed by atoms with Crippen molar-refractivity contribution in [2.45, 2.75) is 46.5 Å². The van der Waals surface area contributed by atoms with E-state index in [2.05, 4.69) is 26.1 Å². The molecule has 0 aromatic heterocycles. The van der Waals surface area contributed by atoms with E-state index in [-0.39, 0.29) is 0 Å². The highest BCUT2D eigenvalue weighted by Crippen LogP contribution is 2.01. The van der Waals surface area contributed by atoms with Crippen LogP contribution in [0.1, 0.15) is 46.5 Å². The van der Waals surface area contributed by atoms with E-state index in [1.54, 1.807) is 0 Å². The van der Waals surface area contributed by atoms with Gasteiger partial charge >= 0.3 is 0 Å². The van der Waals surface area contributed by atoms with Gasteiger partial charge < -0.3 is 14.8 Å². The summed E-state index contributed by atoms with van der Waals surface area (Å²) in [7, 11) is 0. The maximum Gasteiger partial charge on any atom is 0.0701 e. The molecule has 0 atom stereocenters. The summed E-state index contributed by atoms with van der Waals surface area (Å²) in [4.78, 5) is 0. The highest BCUT2D eigenvalue weighted by Gasteiger charge is 1.94. The van der Waals surface area contributed by atoms with E-state index >= 15 is 0 Å². The summed E-state index contributed by atoms with van der Waals surface area (Å²) in [6.07, 6.45) is 4.91. The maximum absolute atomic E-state index is 5.45. The van der Waals surface area contributed by atoms with Crippen LogP contribution in [-0.4, -0.2) is 39.5 Å². The molecular weight excluding hydrogens is 214 g/mol. The fraction of sp³-hybridized carbons (Fsp3) is 1.00. The van der Waals surface area contributed by atoms with E-state index in [9.17, 15) is 0 Å². The van der Waals surface area contributed by atoms with E-state index in [0.717, 1.165) is 51.9 Å². The second-order valence-electron chi connectivity index (χ2n) is 4.86. The summed E-state index contributed by atoms with van der Waals surface area (Å²) in [6.45, 7) is 11.9. The van der Waals surface area contributed by atoms with Gasteiger partial charge in [-0.15, -0.1) is 0 Å². The normalized spacial score (nSPS) is 11.3. The lowest BCUT2D eigenvalue weighted by molar-refractivity contribution is 0.0478. The van der Waals surface area contributed by atoms with Gasteiger partial charge in [-0.3, -0.25) is 0 Å². The van der Waals surface area contributed by atoms with Crippen LogP contribution in [0, 0.1) is 5.92 Å². The molecule has 0 saturated heterocycles. The zero-order chi connectivity index (χ0) is 12.8. The molecule has 104 valence electrons. The predicted molar refractivity (Wildman–Crippen MR) is 73.5 cm³/mol. The Morgan fingerprint density at radius 3 is 2.24 bits per heavy atom. The van der Waals surface area contributed by atoms with Crippen molar-refractivity contribution in [3.05, 3.63) is 0 Å². The first-order chi connectivity index (χ1) is 8.27. The van der Waals surface area contributed by atoms with Crippen LogP contribution < -0.4 is 5.32 Å². The molecule has 0 amide bonds. The highest BCUT2D eigenvalue weighted by molar-refractivity contribution is 4.50. The monoisotopic (exact) mass is 245 g/mol. The summed E-state index contributed by atoms with van der Waals surface area (Å²) < 4.78 is 10.9. The van der Waals surface area contributed by atoms with Crippen molar-refractivity contribution in [2.24, 2.45) is 5.92 Å². The molecule has 3 nitrogen and oxygen atoms in total. The van der Waals surface area contributed by atoms with Crippen LogP contribution in [0.5, 0.6) is 0 Å². The Labute approximate surface area is 107 Å². The van der Waals surface area contributed by atoms with Crippen LogP contribution in [0.15, 0.2) is 0 Å². The molecule has 0 aromatic rings. The smallest absolute Gasteiger partial charge is 0.0701 e. The Kier molecular flexibility index (Phi) is 13.8. The van der Waals surface area contributed by atoms with Crippen molar-refractivity contribution >= 4 is 0 Å². The molecule has 0 aliphatic carbocycles. The molecule has 0 aromatic carbocycles. The quantitative estimate of drug-likeness (QED) is 0.506. The van der Waals surface area contributed by atoms with Gasteiger partial charge in [-0.25, -0.2) is 0 Å². The minimum absolute atomic E-state index is 0.720. The lowest BCUT2D eigenvalue weighted by Gasteiger charge is -2.07. The zero-order valence-electron chi connectivity index (χ0n) is 12.0. The van der Waals surface area contributed by atoms with E-state index in [1.807, 2.05) is 0 Å². The third kappa shape index (κ3) is 15.9. The molecular formula is C14H31NO2. The summed E-state index contributed by atoms with van der Waals surface area (Å²) in [5.41, 5.74) is 0. The Balaban J connectivity index is 2.89. The van der Waals surface area contributed by atoms with Crippen LogP contribution in [0.3, 0.4) is 0 Å². The predicted octanol–water partition coefficient (Wildman–Crippen LogP) is 2.85.